The Hall–Kier alpha value is -2.40. The van der Waals surface area contributed by atoms with E-state index in [1.165, 1.54) is 16.9 Å². The van der Waals surface area contributed by atoms with Gasteiger partial charge in [-0.3, -0.25) is 4.79 Å². The van der Waals surface area contributed by atoms with Crippen LogP contribution >= 0.6 is 11.3 Å². The van der Waals surface area contributed by atoms with Crippen molar-refractivity contribution in [1.29, 1.82) is 0 Å². The molecule has 0 atom stereocenters. The second-order valence-electron chi connectivity index (χ2n) is 6.10. The highest BCUT2D eigenvalue weighted by Gasteiger charge is 2.08. The summed E-state index contributed by atoms with van der Waals surface area (Å²) in [7, 11) is 4.03. The lowest BCUT2D eigenvalue weighted by Gasteiger charge is -2.12. The fraction of sp³-hybridized carbons (Fsp3) is 0.263. The normalized spacial score (nSPS) is 10.8. The summed E-state index contributed by atoms with van der Waals surface area (Å²) in [5.74, 6) is 0.00228. The Morgan fingerprint density at radius 1 is 1.17 bits per heavy atom. The lowest BCUT2D eigenvalue weighted by atomic mass is 10.1. The van der Waals surface area contributed by atoms with Crippen molar-refractivity contribution in [3.8, 4) is 0 Å². The molecule has 0 aliphatic carbocycles. The highest BCUT2D eigenvalue weighted by atomic mass is 32.1. The molecule has 0 saturated heterocycles. The van der Waals surface area contributed by atoms with Crippen LogP contribution in [0.15, 0.2) is 42.5 Å². The Morgan fingerprint density at radius 2 is 1.92 bits per heavy atom. The number of thiazole rings is 1. The minimum absolute atomic E-state index is 0.00228. The third-order valence-corrected chi connectivity index (χ3v) is 4.82. The van der Waals surface area contributed by atoms with E-state index in [9.17, 15) is 4.79 Å². The van der Waals surface area contributed by atoms with E-state index < -0.39 is 0 Å². The molecule has 124 valence electrons. The maximum absolute atomic E-state index is 12.2. The smallest absolute Gasteiger partial charge is 0.226 e. The highest BCUT2D eigenvalue weighted by molar-refractivity contribution is 7.22. The number of anilines is 2. The molecular weight excluding hydrogens is 318 g/mol. The van der Waals surface area contributed by atoms with Gasteiger partial charge < -0.3 is 10.2 Å². The lowest BCUT2D eigenvalue weighted by Crippen LogP contribution is -2.12. The third kappa shape index (κ3) is 3.92. The molecule has 1 heterocycles. The van der Waals surface area contributed by atoms with E-state index in [1.807, 2.05) is 26.2 Å². The molecule has 3 rings (SSSR count). The molecule has 0 aliphatic rings. The molecule has 24 heavy (non-hydrogen) atoms. The summed E-state index contributed by atoms with van der Waals surface area (Å²) in [6, 6.07) is 14.4. The van der Waals surface area contributed by atoms with Crippen LogP contribution in [0.25, 0.3) is 10.2 Å². The molecule has 1 amide bonds. The molecule has 4 nitrogen and oxygen atoms in total. The Labute approximate surface area is 146 Å². The van der Waals surface area contributed by atoms with Gasteiger partial charge in [0.25, 0.3) is 0 Å². The van der Waals surface area contributed by atoms with Crippen molar-refractivity contribution in [2.75, 3.05) is 24.3 Å². The van der Waals surface area contributed by atoms with Crippen LogP contribution in [0.4, 0.5) is 10.8 Å². The van der Waals surface area contributed by atoms with E-state index >= 15 is 0 Å². The molecule has 0 spiro atoms. The number of amides is 1. The van der Waals surface area contributed by atoms with Crippen molar-refractivity contribution in [3.63, 3.8) is 0 Å². The Kier molecular flexibility index (Phi) is 4.81. The zero-order chi connectivity index (χ0) is 17.1. The predicted octanol–water partition coefficient (Wildman–Crippen LogP) is 4.24. The molecule has 1 aromatic heterocycles. The van der Waals surface area contributed by atoms with Gasteiger partial charge in [0.05, 0.1) is 10.2 Å². The summed E-state index contributed by atoms with van der Waals surface area (Å²) >= 11 is 1.52. The van der Waals surface area contributed by atoms with Gasteiger partial charge in [-0.05, 0) is 48.7 Å². The van der Waals surface area contributed by atoms with E-state index in [-0.39, 0.29) is 5.91 Å². The molecule has 0 saturated carbocycles. The van der Waals surface area contributed by atoms with Crippen LogP contribution in [-0.4, -0.2) is 25.0 Å². The van der Waals surface area contributed by atoms with Crippen LogP contribution in [0.3, 0.4) is 0 Å². The summed E-state index contributed by atoms with van der Waals surface area (Å²) in [5.41, 5.74) is 4.45. The first-order valence-corrected chi connectivity index (χ1v) is 8.76. The zero-order valence-corrected chi connectivity index (χ0v) is 15.0. The molecule has 0 bridgehead atoms. The van der Waals surface area contributed by atoms with Gasteiger partial charge in [-0.15, -0.1) is 0 Å². The number of aryl methyl sites for hydroxylation is 2. The maximum atomic E-state index is 12.2. The Bertz CT molecular complexity index is 853. The number of fused-ring (bicyclic) bond motifs is 1. The van der Waals surface area contributed by atoms with Gasteiger partial charge in [-0.25, -0.2) is 4.98 Å². The molecule has 0 fully saturated rings. The van der Waals surface area contributed by atoms with Crippen LogP contribution < -0.4 is 10.2 Å². The molecule has 1 N–H and O–H groups in total. The monoisotopic (exact) mass is 339 g/mol. The largest absolute Gasteiger partial charge is 0.378 e. The summed E-state index contributed by atoms with van der Waals surface area (Å²) < 4.78 is 1.10. The van der Waals surface area contributed by atoms with E-state index in [2.05, 4.69) is 52.5 Å². The number of benzene rings is 2. The van der Waals surface area contributed by atoms with E-state index in [4.69, 9.17) is 0 Å². The van der Waals surface area contributed by atoms with Crippen LogP contribution in [0.5, 0.6) is 0 Å². The number of hydrogen-bond acceptors (Lipinski definition) is 4. The first kappa shape index (κ1) is 16.5. The van der Waals surface area contributed by atoms with Gasteiger partial charge in [0.15, 0.2) is 5.13 Å². The standard InChI is InChI=1S/C19H21N3OS/c1-13-4-10-16-17(12-13)24-19(20-16)21-18(23)11-7-14-5-8-15(9-6-14)22(2)3/h4-6,8-10,12H,7,11H2,1-3H3,(H,20,21,23). The van der Waals surface area contributed by atoms with Gasteiger partial charge >= 0.3 is 0 Å². The number of rotatable bonds is 5. The summed E-state index contributed by atoms with van der Waals surface area (Å²) in [6.45, 7) is 2.05. The number of aromatic nitrogens is 1. The minimum atomic E-state index is 0.00228. The van der Waals surface area contributed by atoms with Crippen molar-refractivity contribution in [2.45, 2.75) is 19.8 Å². The molecule has 0 aliphatic heterocycles. The maximum Gasteiger partial charge on any atom is 0.226 e. The van der Waals surface area contributed by atoms with Gasteiger partial charge in [-0.1, -0.05) is 29.5 Å². The minimum Gasteiger partial charge on any atom is -0.378 e. The Morgan fingerprint density at radius 3 is 2.62 bits per heavy atom. The van der Waals surface area contributed by atoms with Crippen LogP contribution in [0.2, 0.25) is 0 Å². The molecule has 3 aromatic rings. The van der Waals surface area contributed by atoms with Crippen LogP contribution in [0.1, 0.15) is 17.5 Å². The van der Waals surface area contributed by atoms with Crippen LogP contribution in [0, 0.1) is 6.92 Å². The topological polar surface area (TPSA) is 45.2 Å². The zero-order valence-electron chi connectivity index (χ0n) is 14.2. The average Bonchev–Trinajstić information content (AvgIpc) is 2.94. The van der Waals surface area contributed by atoms with Crippen molar-refractivity contribution in [1.82, 2.24) is 4.98 Å². The number of nitrogens with zero attached hydrogens (tertiary/aromatic N) is 2. The van der Waals surface area contributed by atoms with Gasteiger partial charge in [0.1, 0.15) is 0 Å². The molecule has 0 unspecified atom stereocenters. The molecule has 5 heteroatoms. The number of hydrogen-bond donors (Lipinski definition) is 1. The summed E-state index contributed by atoms with van der Waals surface area (Å²) in [6.07, 6.45) is 1.18. The van der Waals surface area contributed by atoms with Crippen molar-refractivity contribution in [2.24, 2.45) is 0 Å². The number of carbonyl (C=O) groups excluding carboxylic acids is 1. The first-order chi connectivity index (χ1) is 11.5. The summed E-state index contributed by atoms with van der Waals surface area (Å²) in [4.78, 5) is 18.7. The molecule has 0 radical (unpaired) electrons. The van der Waals surface area contributed by atoms with Gasteiger partial charge in [0.2, 0.25) is 5.91 Å². The van der Waals surface area contributed by atoms with Crippen molar-refractivity contribution in [3.05, 3.63) is 53.6 Å². The predicted molar refractivity (Wildman–Crippen MR) is 102 cm³/mol. The highest BCUT2D eigenvalue weighted by Crippen LogP contribution is 2.26. The molecule has 2 aromatic carbocycles. The van der Waals surface area contributed by atoms with E-state index in [0.29, 0.717) is 11.6 Å². The van der Waals surface area contributed by atoms with E-state index in [0.717, 1.165) is 27.9 Å². The van der Waals surface area contributed by atoms with Gasteiger partial charge in [0, 0.05) is 26.2 Å². The first-order valence-electron chi connectivity index (χ1n) is 7.94. The quantitative estimate of drug-likeness (QED) is 0.756. The Balaban J connectivity index is 1.58. The number of carbonyl (C=O) groups is 1. The van der Waals surface area contributed by atoms with Gasteiger partial charge in [-0.2, -0.15) is 0 Å². The lowest BCUT2D eigenvalue weighted by molar-refractivity contribution is -0.116. The fourth-order valence-electron chi connectivity index (χ4n) is 2.49. The second kappa shape index (κ2) is 7.01. The SMILES string of the molecule is Cc1ccc2nc(NC(=O)CCc3ccc(N(C)C)cc3)sc2c1. The number of nitrogens with one attached hydrogen (secondary N) is 1. The second-order valence-corrected chi connectivity index (χ2v) is 7.13. The van der Waals surface area contributed by atoms with Crippen molar-refractivity contribution < 1.29 is 4.79 Å². The van der Waals surface area contributed by atoms with E-state index in [1.54, 1.807) is 0 Å². The van der Waals surface area contributed by atoms with Crippen LogP contribution in [-0.2, 0) is 11.2 Å². The van der Waals surface area contributed by atoms with Crippen molar-refractivity contribution >= 4 is 38.3 Å². The third-order valence-electron chi connectivity index (χ3n) is 3.88. The molecular formula is C19H21N3OS. The fourth-order valence-corrected chi connectivity index (χ4v) is 3.47. The summed E-state index contributed by atoms with van der Waals surface area (Å²) in [5, 5.41) is 3.58. The average molecular weight is 339 g/mol.